The van der Waals surface area contributed by atoms with Crippen LogP contribution < -0.4 is 0 Å². The van der Waals surface area contributed by atoms with E-state index >= 15 is 0 Å². The van der Waals surface area contributed by atoms with Gasteiger partial charge in [-0.2, -0.15) is 0 Å². The van der Waals surface area contributed by atoms with E-state index in [1.807, 2.05) is 78.9 Å². The Morgan fingerprint density at radius 3 is 1.81 bits per heavy atom. The maximum absolute atomic E-state index is 8.61. The molecule has 0 amide bonds. The highest BCUT2D eigenvalue weighted by atomic mass is 16.3. The second-order valence-corrected chi connectivity index (χ2v) is 14.4. The average molecular weight is 757 g/mol. The van der Waals surface area contributed by atoms with Crippen LogP contribution in [0.2, 0.25) is 0 Å². The summed E-state index contributed by atoms with van der Waals surface area (Å²) in [5, 5.41) is 12.9. The molecule has 0 saturated carbocycles. The molecule has 0 bridgehead atoms. The first kappa shape index (κ1) is 35.4. The molecule has 0 aliphatic rings. The fourth-order valence-corrected chi connectivity index (χ4v) is 7.73. The Labute approximate surface area is 341 Å². The molecule has 0 saturated heterocycles. The first-order chi connectivity index (χ1) is 29.2. The van der Waals surface area contributed by atoms with Gasteiger partial charge in [-0.1, -0.05) is 194 Å². The molecular weight excluding hydrogens is 721 g/mol. The summed E-state index contributed by atoms with van der Waals surface area (Å²) in [6.07, 6.45) is 1.80. The van der Waals surface area contributed by atoms with Gasteiger partial charge in [-0.25, -0.2) is 15.0 Å². The third-order valence-electron chi connectivity index (χ3n) is 10.7. The summed E-state index contributed by atoms with van der Waals surface area (Å²) in [4.78, 5) is 14.7. The molecule has 0 radical (unpaired) electrons. The SMILES string of the molecule is N=C(N=C(N=Cc1ccc(-c2ccc(-c3oc4c(c(-c5ccccc5)nc5ccccc54)c3-c3cccc4ccccc34)cc2)cc1)c1ccccc1)c1ccccc1. The molecule has 0 fully saturated rings. The second kappa shape index (κ2) is 15.5. The van der Waals surface area contributed by atoms with Crippen LogP contribution in [0.4, 0.5) is 0 Å². The minimum absolute atomic E-state index is 0.161. The van der Waals surface area contributed by atoms with Crippen LogP contribution in [0, 0.1) is 5.41 Å². The Bertz CT molecular complexity index is 3180. The van der Waals surface area contributed by atoms with Gasteiger partial charge in [0.05, 0.1) is 16.6 Å². The number of pyridine rings is 1. The number of hydrogen-bond donors (Lipinski definition) is 1. The molecule has 5 nitrogen and oxygen atoms in total. The van der Waals surface area contributed by atoms with Crippen molar-refractivity contribution >= 4 is 50.5 Å². The number of furan rings is 1. The lowest BCUT2D eigenvalue weighted by Gasteiger charge is -2.11. The standard InChI is InChI=1S/C54H36N4O/c55-53(42-18-6-2-7-19-42)58-54(43-20-8-3-9-21-43)56-35-36-27-29-37(30-28-36)38-31-33-41(34-32-38)51-48(45-25-14-22-39-15-10-11-23-44(39)45)49-50(40-16-4-1-5-17-40)57-47-26-13-12-24-46(47)52(49)59-51/h1-35,55H. The van der Waals surface area contributed by atoms with Crippen LogP contribution in [0.1, 0.15) is 16.7 Å². The highest BCUT2D eigenvalue weighted by Crippen LogP contribution is 2.48. The maximum atomic E-state index is 8.61. The molecule has 59 heavy (non-hydrogen) atoms. The minimum atomic E-state index is 0.161. The Hall–Kier alpha value is -8.02. The number of nitrogens with zero attached hydrogens (tertiary/aromatic N) is 3. The monoisotopic (exact) mass is 756 g/mol. The summed E-state index contributed by atoms with van der Waals surface area (Å²) < 4.78 is 7.08. The van der Waals surface area contributed by atoms with Crippen molar-refractivity contribution in [3.05, 3.63) is 223 Å². The molecule has 0 atom stereocenters. The van der Waals surface area contributed by atoms with E-state index in [1.165, 1.54) is 5.39 Å². The highest BCUT2D eigenvalue weighted by molar-refractivity contribution is 6.19. The van der Waals surface area contributed by atoms with Gasteiger partial charge in [-0.15, -0.1) is 0 Å². The molecule has 0 unspecified atom stereocenters. The fourth-order valence-electron chi connectivity index (χ4n) is 7.73. The summed E-state index contributed by atoms with van der Waals surface area (Å²) in [6.45, 7) is 0. The van der Waals surface area contributed by atoms with Gasteiger partial charge in [0.2, 0.25) is 0 Å². The molecule has 2 heterocycles. The van der Waals surface area contributed by atoms with Gasteiger partial charge in [0.25, 0.3) is 0 Å². The Morgan fingerprint density at radius 2 is 1.08 bits per heavy atom. The van der Waals surface area contributed by atoms with Crippen LogP contribution in [-0.2, 0) is 0 Å². The van der Waals surface area contributed by atoms with Gasteiger partial charge in [-0.3, -0.25) is 5.41 Å². The number of benzene rings is 8. The minimum Gasteiger partial charge on any atom is -0.455 e. The molecular formula is C54H36N4O. The molecule has 0 aliphatic heterocycles. The molecule has 278 valence electrons. The van der Waals surface area contributed by atoms with Crippen LogP contribution in [0.15, 0.2) is 221 Å². The third kappa shape index (κ3) is 6.92. The van der Waals surface area contributed by atoms with Crippen molar-refractivity contribution in [2.45, 2.75) is 0 Å². The second-order valence-electron chi connectivity index (χ2n) is 14.4. The molecule has 8 aromatic carbocycles. The van der Waals surface area contributed by atoms with Crippen molar-refractivity contribution in [3.8, 4) is 44.8 Å². The zero-order valence-corrected chi connectivity index (χ0v) is 32.0. The van der Waals surface area contributed by atoms with Crippen molar-refractivity contribution in [3.63, 3.8) is 0 Å². The Morgan fingerprint density at radius 1 is 0.508 bits per heavy atom. The van der Waals surface area contributed by atoms with E-state index in [9.17, 15) is 0 Å². The lowest BCUT2D eigenvalue weighted by atomic mass is 9.91. The van der Waals surface area contributed by atoms with Gasteiger partial charge in [0.15, 0.2) is 11.7 Å². The zero-order chi connectivity index (χ0) is 39.5. The smallest absolute Gasteiger partial charge is 0.161 e. The van der Waals surface area contributed by atoms with Gasteiger partial charge in [0, 0.05) is 39.4 Å². The number of aromatic nitrogens is 1. The summed E-state index contributed by atoms with van der Waals surface area (Å²) >= 11 is 0. The largest absolute Gasteiger partial charge is 0.455 e. The lowest BCUT2D eigenvalue weighted by Crippen LogP contribution is -2.04. The van der Waals surface area contributed by atoms with E-state index in [2.05, 4.69) is 132 Å². The Kier molecular flexibility index (Phi) is 9.29. The Balaban J connectivity index is 1.04. The van der Waals surface area contributed by atoms with Crippen LogP contribution in [0.5, 0.6) is 0 Å². The van der Waals surface area contributed by atoms with Crippen LogP contribution in [0.3, 0.4) is 0 Å². The van der Waals surface area contributed by atoms with E-state index in [0.29, 0.717) is 5.84 Å². The van der Waals surface area contributed by atoms with E-state index in [4.69, 9.17) is 19.8 Å². The first-order valence-electron chi connectivity index (χ1n) is 19.6. The number of fused-ring (bicyclic) bond motifs is 4. The molecule has 0 spiro atoms. The van der Waals surface area contributed by atoms with Crippen LogP contribution in [-0.4, -0.2) is 22.9 Å². The van der Waals surface area contributed by atoms with Crippen molar-refractivity contribution in [1.82, 2.24) is 4.98 Å². The van der Waals surface area contributed by atoms with E-state index in [1.54, 1.807) is 6.21 Å². The van der Waals surface area contributed by atoms with E-state index in [0.717, 1.165) is 88.8 Å². The third-order valence-corrected chi connectivity index (χ3v) is 10.7. The van der Waals surface area contributed by atoms with Crippen LogP contribution in [0.25, 0.3) is 77.5 Å². The normalized spacial score (nSPS) is 11.8. The summed E-state index contributed by atoms with van der Waals surface area (Å²) in [5.74, 6) is 1.45. The number of amidine groups is 2. The van der Waals surface area contributed by atoms with Gasteiger partial charge >= 0.3 is 0 Å². The number of para-hydroxylation sites is 1. The number of aliphatic imine (C=N–C) groups is 2. The maximum Gasteiger partial charge on any atom is 0.161 e. The lowest BCUT2D eigenvalue weighted by molar-refractivity contribution is 0.636. The van der Waals surface area contributed by atoms with Gasteiger partial charge < -0.3 is 4.42 Å². The first-order valence-corrected chi connectivity index (χ1v) is 19.6. The van der Waals surface area contributed by atoms with E-state index < -0.39 is 0 Å². The molecule has 5 heteroatoms. The van der Waals surface area contributed by atoms with Crippen molar-refractivity contribution in [2.24, 2.45) is 9.98 Å². The van der Waals surface area contributed by atoms with E-state index in [-0.39, 0.29) is 5.84 Å². The number of hydrogen-bond acceptors (Lipinski definition) is 3. The topological polar surface area (TPSA) is 74.6 Å². The molecule has 10 aromatic rings. The van der Waals surface area contributed by atoms with Crippen molar-refractivity contribution in [1.29, 1.82) is 5.41 Å². The summed E-state index contributed by atoms with van der Waals surface area (Å²) in [7, 11) is 0. The van der Waals surface area contributed by atoms with Crippen molar-refractivity contribution < 1.29 is 4.42 Å². The predicted octanol–water partition coefficient (Wildman–Crippen LogP) is 13.7. The van der Waals surface area contributed by atoms with Crippen LogP contribution >= 0.6 is 0 Å². The highest BCUT2D eigenvalue weighted by Gasteiger charge is 2.25. The quantitative estimate of drug-likeness (QED) is 0.130. The summed E-state index contributed by atoms with van der Waals surface area (Å²) in [5.41, 5.74) is 11.4. The zero-order valence-electron chi connectivity index (χ0n) is 32.0. The fraction of sp³-hybridized carbons (Fsp3) is 0. The van der Waals surface area contributed by atoms with Gasteiger partial charge in [-0.05, 0) is 45.2 Å². The average Bonchev–Trinajstić information content (AvgIpc) is 3.72. The number of rotatable bonds is 7. The summed E-state index contributed by atoms with van der Waals surface area (Å²) in [6, 6.07) is 69.8. The van der Waals surface area contributed by atoms with Crippen molar-refractivity contribution in [2.75, 3.05) is 0 Å². The molecule has 0 aliphatic carbocycles. The molecule has 1 N–H and O–H groups in total. The molecule has 10 rings (SSSR count). The predicted molar refractivity (Wildman–Crippen MR) is 245 cm³/mol. The number of nitrogens with one attached hydrogen (secondary N) is 1. The van der Waals surface area contributed by atoms with Gasteiger partial charge in [0.1, 0.15) is 11.3 Å². The molecule has 2 aromatic heterocycles.